The number of fused-ring (bicyclic) bond motifs is 2. The van der Waals surface area contributed by atoms with Crippen molar-refractivity contribution >= 4 is 11.9 Å². The lowest BCUT2D eigenvalue weighted by atomic mass is 9.89. The van der Waals surface area contributed by atoms with Crippen LogP contribution in [0, 0.1) is 11.8 Å². The zero-order valence-electron chi connectivity index (χ0n) is 10.5. The molecule has 3 aliphatic rings. The Morgan fingerprint density at radius 3 is 2.67 bits per heavy atom. The largest absolute Gasteiger partial charge is 0.481 e. The number of hydrogen-bond acceptors (Lipinski definition) is 3. The minimum atomic E-state index is -0.734. The van der Waals surface area contributed by atoms with Gasteiger partial charge < -0.3 is 15.3 Å². The number of rotatable bonds is 2. The Labute approximate surface area is 107 Å². The third-order valence-corrected chi connectivity index (χ3v) is 4.75. The van der Waals surface area contributed by atoms with Gasteiger partial charge in [-0.2, -0.15) is 0 Å². The first kappa shape index (κ1) is 12.0. The quantitative estimate of drug-likeness (QED) is 0.748. The zero-order chi connectivity index (χ0) is 12.7. The fourth-order valence-electron chi connectivity index (χ4n) is 3.87. The molecular formula is C13H20N2O3. The SMILES string of the molecule is O=C(O)C1CC2CCC1N2C(=O)[C@@H]1CCCNC1. The number of nitrogens with one attached hydrogen (secondary N) is 1. The minimum Gasteiger partial charge on any atom is -0.481 e. The molecule has 5 nitrogen and oxygen atoms in total. The second-order valence-electron chi connectivity index (χ2n) is 5.77. The van der Waals surface area contributed by atoms with Gasteiger partial charge in [0.15, 0.2) is 0 Å². The lowest BCUT2D eigenvalue weighted by molar-refractivity contribution is -0.143. The van der Waals surface area contributed by atoms with Crippen LogP contribution in [0.15, 0.2) is 0 Å². The van der Waals surface area contributed by atoms with E-state index in [1.54, 1.807) is 0 Å². The van der Waals surface area contributed by atoms with Crippen molar-refractivity contribution < 1.29 is 14.7 Å². The van der Waals surface area contributed by atoms with Crippen molar-refractivity contribution in [3.63, 3.8) is 0 Å². The number of carbonyl (C=O) groups is 2. The highest BCUT2D eigenvalue weighted by molar-refractivity contribution is 5.82. The molecule has 3 rings (SSSR count). The van der Waals surface area contributed by atoms with Crippen LogP contribution in [0.1, 0.15) is 32.1 Å². The van der Waals surface area contributed by atoms with Crippen LogP contribution in [0.2, 0.25) is 0 Å². The highest BCUT2D eigenvalue weighted by Crippen LogP contribution is 2.42. The Hall–Kier alpha value is -1.10. The predicted molar refractivity (Wildman–Crippen MR) is 65.0 cm³/mol. The van der Waals surface area contributed by atoms with Gasteiger partial charge in [0.1, 0.15) is 0 Å². The minimum absolute atomic E-state index is 0.0399. The van der Waals surface area contributed by atoms with E-state index < -0.39 is 5.97 Å². The summed E-state index contributed by atoms with van der Waals surface area (Å²) in [7, 11) is 0. The van der Waals surface area contributed by atoms with Gasteiger partial charge in [-0.1, -0.05) is 0 Å². The van der Waals surface area contributed by atoms with Gasteiger partial charge in [0.25, 0.3) is 0 Å². The number of aliphatic carboxylic acids is 1. The van der Waals surface area contributed by atoms with E-state index in [1.807, 2.05) is 4.90 Å². The van der Waals surface area contributed by atoms with E-state index in [2.05, 4.69) is 5.32 Å². The first-order valence-electron chi connectivity index (χ1n) is 6.94. The average molecular weight is 252 g/mol. The molecule has 0 aromatic heterocycles. The highest BCUT2D eigenvalue weighted by Gasteiger charge is 2.52. The van der Waals surface area contributed by atoms with E-state index in [9.17, 15) is 14.7 Å². The summed E-state index contributed by atoms with van der Waals surface area (Å²) in [5.74, 6) is -0.807. The van der Waals surface area contributed by atoms with Gasteiger partial charge in [-0.15, -0.1) is 0 Å². The Morgan fingerprint density at radius 2 is 2.06 bits per heavy atom. The normalized spacial score (nSPS) is 39.0. The summed E-state index contributed by atoms with van der Waals surface area (Å²) in [5, 5.41) is 12.5. The number of piperidine rings is 1. The first-order valence-corrected chi connectivity index (χ1v) is 6.94. The number of nitrogens with zero attached hydrogens (tertiary/aromatic N) is 1. The molecule has 0 aliphatic carbocycles. The van der Waals surface area contributed by atoms with Gasteiger partial charge in [-0.3, -0.25) is 9.59 Å². The molecule has 5 heteroatoms. The van der Waals surface area contributed by atoms with Crippen LogP contribution in [0.5, 0.6) is 0 Å². The summed E-state index contributed by atoms with van der Waals surface area (Å²) in [6, 6.07) is 0.146. The number of carbonyl (C=O) groups excluding carboxylic acids is 1. The lowest BCUT2D eigenvalue weighted by Gasteiger charge is -2.30. The summed E-state index contributed by atoms with van der Waals surface area (Å²) in [5.41, 5.74) is 0. The van der Waals surface area contributed by atoms with E-state index in [1.165, 1.54) is 0 Å². The van der Waals surface area contributed by atoms with E-state index in [-0.39, 0.29) is 29.8 Å². The monoisotopic (exact) mass is 252 g/mol. The standard InChI is InChI=1S/C13H20N2O3/c16-12(8-2-1-5-14-7-8)15-9-3-4-11(15)10(6-9)13(17)18/h8-11,14H,1-7H2,(H,17,18)/t8-,9?,10?,11?/m1/s1. The van der Waals surface area contributed by atoms with Gasteiger partial charge in [0, 0.05) is 18.6 Å². The first-order chi connectivity index (χ1) is 8.68. The average Bonchev–Trinajstić information content (AvgIpc) is 2.96. The van der Waals surface area contributed by atoms with Crippen LogP contribution in [-0.4, -0.2) is 47.1 Å². The molecule has 0 radical (unpaired) electrons. The predicted octanol–water partition coefficient (Wildman–Crippen LogP) is 0.450. The van der Waals surface area contributed by atoms with Gasteiger partial charge in [-0.25, -0.2) is 0 Å². The van der Waals surface area contributed by atoms with Crippen LogP contribution in [0.25, 0.3) is 0 Å². The Kier molecular flexibility index (Phi) is 3.01. The van der Waals surface area contributed by atoms with E-state index >= 15 is 0 Å². The Balaban J connectivity index is 1.72. The third kappa shape index (κ3) is 1.81. The molecule has 3 unspecified atom stereocenters. The maximum Gasteiger partial charge on any atom is 0.308 e. The van der Waals surface area contributed by atoms with Crippen molar-refractivity contribution in [3.8, 4) is 0 Å². The molecular weight excluding hydrogens is 232 g/mol. The molecule has 3 aliphatic heterocycles. The summed E-state index contributed by atoms with van der Waals surface area (Å²) in [6.45, 7) is 1.75. The second kappa shape index (κ2) is 4.53. The molecule has 3 heterocycles. The van der Waals surface area contributed by atoms with Gasteiger partial charge in [-0.05, 0) is 38.6 Å². The van der Waals surface area contributed by atoms with Crippen LogP contribution in [0.4, 0.5) is 0 Å². The molecule has 0 aromatic carbocycles. The van der Waals surface area contributed by atoms with Crippen molar-refractivity contribution in [2.45, 2.75) is 44.2 Å². The summed E-state index contributed by atoms with van der Waals surface area (Å²) in [6.07, 6.45) is 4.50. The second-order valence-corrected chi connectivity index (χ2v) is 5.77. The van der Waals surface area contributed by atoms with Crippen molar-refractivity contribution in [1.82, 2.24) is 10.2 Å². The molecule has 18 heavy (non-hydrogen) atoms. The molecule has 0 saturated carbocycles. The van der Waals surface area contributed by atoms with Crippen molar-refractivity contribution in [2.24, 2.45) is 11.8 Å². The summed E-state index contributed by atoms with van der Waals surface area (Å²) in [4.78, 5) is 25.6. The summed E-state index contributed by atoms with van der Waals surface area (Å²) >= 11 is 0. The fourth-order valence-corrected chi connectivity index (χ4v) is 3.87. The van der Waals surface area contributed by atoms with Crippen molar-refractivity contribution in [2.75, 3.05) is 13.1 Å². The van der Waals surface area contributed by atoms with E-state index in [0.717, 1.165) is 38.8 Å². The van der Waals surface area contributed by atoms with Crippen molar-refractivity contribution in [3.05, 3.63) is 0 Å². The van der Waals surface area contributed by atoms with Crippen LogP contribution < -0.4 is 5.32 Å². The molecule has 2 N–H and O–H groups in total. The van der Waals surface area contributed by atoms with Crippen LogP contribution >= 0.6 is 0 Å². The third-order valence-electron chi connectivity index (χ3n) is 4.75. The number of carboxylic acid groups (broad SMARTS) is 1. The topological polar surface area (TPSA) is 69.6 Å². The summed E-state index contributed by atoms with van der Waals surface area (Å²) < 4.78 is 0. The molecule has 3 fully saturated rings. The Morgan fingerprint density at radius 1 is 1.22 bits per heavy atom. The smallest absolute Gasteiger partial charge is 0.308 e. The lowest BCUT2D eigenvalue weighted by Crippen LogP contribution is -2.46. The van der Waals surface area contributed by atoms with Crippen LogP contribution in [0.3, 0.4) is 0 Å². The van der Waals surface area contributed by atoms with Gasteiger partial charge in [0.2, 0.25) is 5.91 Å². The van der Waals surface area contributed by atoms with Crippen molar-refractivity contribution in [1.29, 1.82) is 0 Å². The highest BCUT2D eigenvalue weighted by atomic mass is 16.4. The molecule has 4 atom stereocenters. The van der Waals surface area contributed by atoms with Crippen LogP contribution in [-0.2, 0) is 9.59 Å². The maximum absolute atomic E-state index is 12.5. The fraction of sp³-hybridized carbons (Fsp3) is 0.846. The molecule has 3 saturated heterocycles. The molecule has 0 aromatic rings. The molecule has 2 bridgehead atoms. The molecule has 0 spiro atoms. The van der Waals surface area contributed by atoms with Gasteiger partial charge >= 0.3 is 5.97 Å². The molecule has 100 valence electrons. The number of carboxylic acids is 1. The van der Waals surface area contributed by atoms with Gasteiger partial charge in [0.05, 0.1) is 11.8 Å². The van der Waals surface area contributed by atoms with E-state index in [4.69, 9.17) is 0 Å². The maximum atomic E-state index is 12.5. The number of hydrogen-bond donors (Lipinski definition) is 2. The Bertz CT molecular complexity index is 365. The molecule has 1 amide bonds. The van der Waals surface area contributed by atoms with E-state index in [0.29, 0.717) is 6.42 Å². The number of amides is 1. The zero-order valence-corrected chi connectivity index (χ0v) is 10.5.